The van der Waals surface area contributed by atoms with Crippen LogP contribution in [0.15, 0.2) is 23.1 Å². The maximum Gasteiger partial charge on any atom is 0.243 e. The van der Waals surface area contributed by atoms with Gasteiger partial charge in [0, 0.05) is 13.1 Å². The quantitative estimate of drug-likeness (QED) is 0.855. The fourth-order valence-electron chi connectivity index (χ4n) is 2.49. The molecule has 1 heterocycles. The number of hydrogen-bond donors (Lipinski definition) is 0. The minimum absolute atomic E-state index is 0.137. The van der Waals surface area contributed by atoms with Gasteiger partial charge in [-0.25, -0.2) is 12.8 Å². The number of nitriles is 1. The number of piperidine rings is 1. The van der Waals surface area contributed by atoms with Crippen LogP contribution in [0.3, 0.4) is 0 Å². The van der Waals surface area contributed by atoms with Gasteiger partial charge in [-0.05, 0) is 49.8 Å². The molecule has 0 aromatic heterocycles. The summed E-state index contributed by atoms with van der Waals surface area (Å²) in [6.45, 7) is 2.21. The van der Waals surface area contributed by atoms with Crippen molar-refractivity contribution < 1.29 is 12.8 Å². The summed E-state index contributed by atoms with van der Waals surface area (Å²) in [5.41, 5.74) is 0.400. The van der Waals surface area contributed by atoms with Gasteiger partial charge in [0.05, 0.1) is 11.0 Å². The third-order valence-electron chi connectivity index (χ3n) is 3.88. The smallest absolute Gasteiger partial charge is 0.207 e. The highest BCUT2D eigenvalue weighted by atomic mass is 32.2. The van der Waals surface area contributed by atoms with E-state index in [0.717, 1.165) is 6.07 Å². The SMILES string of the molecule is CSC1(C#N)CCN(S(=O)(=O)c2ccc(F)cc2C)CC1. The van der Waals surface area contributed by atoms with Crippen molar-refractivity contribution in [2.45, 2.75) is 29.4 Å². The maximum atomic E-state index is 13.1. The van der Waals surface area contributed by atoms with E-state index in [1.165, 1.54) is 28.2 Å². The summed E-state index contributed by atoms with van der Waals surface area (Å²) in [4.78, 5) is 0.137. The predicted octanol–water partition coefficient (Wildman–Crippen LogP) is 2.54. The molecule has 1 saturated heterocycles. The van der Waals surface area contributed by atoms with E-state index >= 15 is 0 Å². The van der Waals surface area contributed by atoms with Gasteiger partial charge in [0.25, 0.3) is 0 Å². The van der Waals surface area contributed by atoms with Crippen LogP contribution in [0.1, 0.15) is 18.4 Å². The molecule has 0 atom stereocenters. The summed E-state index contributed by atoms with van der Waals surface area (Å²) < 4.78 is 39.3. The van der Waals surface area contributed by atoms with Crippen molar-refractivity contribution in [3.63, 3.8) is 0 Å². The summed E-state index contributed by atoms with van der Waals surface area (Å²) in [6.07, 6.45) is 2.88. The fourth-order valence-corrected chi connectivity index (χ4v) is 4.82. The first-order valence-electron chi connectivity index (χ1n) is 6.57. The molecule has 4 nitrogen and oxygen atoms in total. The van der Waals surface area contributed by atoms with Gasteiger partial charge in [-0.15, -0.1) is 11.8 Å². The van der Waals surface area contributed by atoms with Gasteiger partial charge in [-0.3, -0.25) is 0 Å². The van der Waals surface area contributed by atoms with Crippen LogP contribution in [0.25, 0.3) is 0 Å². The second-order valence-corrected chi connectivity index (χ2v) is 8.22. The largest absolute Gasteiger partial charge is 0.243 e. The zero-order valence-corrected chi connectivity index (χ0v) is 13.6. The molecule has 21 heavy (non-hydrogen) atoms. The van der Waals surface area contributed by atoms with Crippen LogP contribution in [-0.2, 0) is 10.0 Å². The molecule has 0 unspecified atom stereocenters. The Kier molecular flexibility index (Phi) is 4.61. The van der Waals surface area contributed by atoms with Crippen LogP contribution < -0.4 is 0 Å². The molecule has 114 valence electrons. The van der Waals surface area contributed by atoms with Gasteiger partial charge in [0.2, 0.25) is 10.0 Å². The molecule has 7 heteroatoms. The predicted molar refractivity (Wildman–Crippen MR) is 81.0 cm³/mol. The van der Waals surface area contributed by atoms with E-state index in [1.54, 1.807) is 6.92 Å². The minimum Gasteiger partial charge on any atom is -0.207 e. The molecule has 0 saturated carbocycles. The zero-order chi connectivity index (χ0) is 15.7. The first kappa shape index (κ1) is 16.3. The van der Waals surface area contributed by atoms with Crippen molar-refractivity contribution in [1.82, 2.24) is 4.31 Å². The Morgan fingerprint density at radius 1 is 1.38 bits per heavy atom. The fraction of sp³-hybridized carbons (Fsp3) is 0.500. The Bertz CT molecular complexity index is 675. The van der Waals surface area contributed by atoms with Crippen LogP contribution in [0.5, 0.6) is 0 Å². The second-order valence-electron chi connectivity index (χ2n) is 5.12. The van der Waals surface area contributed by atoms with Gasteiger partial charge in [0.15, 0.2) is 0 Å². The number of benzene rings is 1. The van der Waals surface area contributed by atoms with E-state index in [-0.39, 0.29) is 4.90 Å². The van der Waals surface area contributed by atoms with Crippen molar-refractivity contribution in [2.24, 2.45) is 0 Å². The molecule has 0 amide bonds. The van der Waals surface area contributed by atoms with Crippen LogP contribution in [-0.4, -0.2) is 36.8 Å². The van der Waals surface area contributed by atoms with Gasteiger partial charge in [-0.2, -0.15) is 9.57 Å². The van der Waals surface area contributed by atoms with Crippen LogP contribution >= 0.6 is 11.8 Å². The van der Waals surface area contributed by atoms with Gasteiger partial charge < -0.3 is 0 Å². The van der Waals surface area contributed by atoms with E-state index in [2.05, 4.69) is 6.07 Å². The number of sulfonamides is 1. The Labute approximate surface area is 129 Å². The van der Waals surface area contributed by atoms with Crippen molar-refractivity contribution >= 4 is 21.8 Å². The second kappa shape index (κ2) is 5.95. The minimum atomic E-state index is -3.63. The topological polar surface area (TPSA) is 61.2 Å². The lowest BCUT2D eigenvalue weighted by molar-refractivity contribution is 0.327. The van der Waals surface area contributed by atoms with E-state index < -0.39 is 20.6 Å². The first-order valence-corrected chi connectivity index (χ1v) is 9.24. The van der Waals surface area contributed by atoms with Gasteiger partial charge >= 0.3 is 0 Å². The lowest BCUT2D eigenvalue weighted by Crippen LogP contribution is -2.44. The normalized spacial score (nSPS) is 19.1. The highest BCUT2D eigenvalue weighted by Crippen LogP contribution is 2.35. The summed E-state index contributed by atoms with van der Waals surface area (Å²) in [5.74, 6) is -0.448. The van der Waals surface area contributed by atoms with Crippen molar-refractivity contribution in [1.29, 1.82) is 5.26 Å². The van der Waals surface area contributed by atoms with Crippen molar-refractivity contribution in [3.05, 3.63) is 29.6 Å². The molecule has 0 aliphatic carbocycles. The Hall–Kier alpha value is -1.10. The molecule has 1 aliphatic rings. The lowest BCUT2D eigenvalue weighted by Gasteiger charge is -2.35. The molecule has 0 radical (unpaired) electrons. The molecule has 2 rings (SSSR count). The summed E-state index contributed by atoms with van der Waals surface area (Å²) in [7, 11) is -3.63. The molecule has 0 N–H and O–H groups in total. The number of hydrogen-bond acceptors (Lipinski definition) is 4. The number of rotatable bonds is 3. The molecule has 0 spiro atoms. The van der Waals surface area contributed by atoms with Crippen LogP contribution in [0.2, 0.25) is 0 Å². The van der Waals surface area contributed by atoms with E-state index in [4.69, 9.17) is 0 Å². The standard InChI is InChI=1S/C14H17FN2O2S2/c1-11-9-12(15)3-4-13(11)21(18,19)17-7-5-14(10-16,20-2)6-8-17/h3-4,9H,5-8H2,1-2H3. The van der Waals surface area contributed by atoms with Crippen molar-refractivity contribution in [3.8, 4) is 6.07 Å². The van der Waals surface area contributed by atoms with E-state index in [9.17, 15) is 18.1 Å². The lowest BCUT2D eigenvalue weighted by atomic mass is 9.99. The monoisotopic (exact) mass is 328 g/mol. The Morgan fingerprint density at radius 2 is 2.00 bits per heavy atom. The summed E-state index contributed by atoms with van der Waals surface area (Å²) in [6, 6.07) is 5.97. The van der Waals surface area contributed by atoms with Crippen LogP contribution in [0.4, 0.5) is 4.39 Å². The number of thioether (sulfide) groups is 1. The number of aryl methyl sites for hydroxylation is 1. The molecule has 1 aliphatic heterocycles. The van der Waals surface area contributed by atoms with E-state index in [1.807, 2.05) is 6.26 Å². The zero-order valence-electron chi connectivity index (χ0n) is 12.0. The van der Waals surface area contributed by atoms with Crippen LogP contribution in [0, 0.1) is 24.1 Å². The molecular weight excluding hydrogens is 311 g/mol. The van der Waals surface area contributed by atoms with Crippen molar-refractivity contribution in [2.75, 3.05) is 19.3 Å². The number of nitrogens with zero attached hydrogens (tertiary/aromatic N) is 2. The summed E-state index contributed by atoms with van der Waals surface area (Å²) in [5, 5.41) is 9.24. The van der Waals surface area contributed by atoms with E-state index in [0.29, 0.717) is 31.5 Å². The highest BCUT2D eigenvalue weighted by molar-refractivity contribution is 8.00. The summed E-state index contributed by atoms with van der Waals surface area (Å²) >= 11 is 1.47. The van der Waals surface area contributed by atoms with Gasteiger partial charge in [-0.1, -0.05) is 0 Å². The average molecular weight is 328 g/mol. The molecule has 1 aromatic carbocycles. The third-order valence-corrected chi connectivity index (χ3v) is 7.22. The third kappa shape index (κ3) is 3.07. The van der Waals surface area contributed by atoms with Gasteiger partial charge in [0.1, 0.15) is 10.6 Å². The average Bonchev–Trinajstić information content (AvgIpc) is 2.47. The molecule has 0 bridgehead atoms. The highest BCUT2D eigenvalue weighted by Gasteiger charge is 2.38. The molecular formula is C14H17FN2O2S2. The molecule has 1 aromatic rings. The first-order chi connectivity index (χ1) is 9.84. The Balaban J connectivity index is 2.25. The molecule has 1 fully saturated rings. The maximum absolute atomic E-state index is 13.1. The number of halogens is 1. The Morgan fingerprint density at radius 3 is 2.48 bits per heavy atom.